The molecule has 0 unspecified atom stereocenters. The van der Waals surface area contributed by atoms with Crippen LogP contribution in [-0.4, -0.2) is 25.2 Å². The van der Waals surface area contributed by atoms with Crippen LogP contribution in [0, 0.1) is 0 Å². The second-order valence-electron chi connectivity index (χ2n) is 5.11. The molecular formula is C16H23NO2. The van der Waals surface area contributed by atoms with E-state index in [1.807, 2.05) is 0 Å². The van der Waals surface area contributed by atoms with Crippen molar-refractivity contribution >= 4 is 5.91 Å². The number of aryl methyl sites for hydroxylation is 2. The number of hydrogen-bond acceptors (Lipinski definition) is 2. The van der Waals surface area contributed by atoms with E-state index in [-0.39, 0.29) is 12.0 Å². The fraction of sp³-hybridized carbons (Fsp3) is 0.562. The van der Waals surface area contributed by atoms with Gasteiger partial charge in [-0.3, -0.25) is 4.79 Å². The van der Waals surface area contributed by atoms with Crippen molar-refractivity contribution in [3.05, 3.63) is 35.4 Å². The summed E-state index contributed by atoms with van der Waals surface area (Å²) in [5.41, 5.74) is 2.57. The zero-order valence-corrected chi connectivity index (χ0v) is 11.7. The number of rotatable bonds is 6. The van der Waals surface area contributed by atoms with Crippen LogP contribution in [0.4, 0.5) is 0 Å². The molecule has 19 heavy (non-hydrogen) atoms. The summed E-state index contributed by atoms with van der Waals surface area (Å²) in [5.74, 6) is 0.120. The summed E-state index contributed by atoms with van der Waals surface area (Å²) in [4.78, 5) is 11.7. The number of carbonyl (C=O) groups is 1. The van der Waals surface area contributed by atoms with E-state index >= 15 is 0 Å². The van der Waals surface area contributed by atoms with Gasteiger partial charge in [-0.05, 0) is 36.8 Å². The lowest BCUT2D eigenvalue weighted by atomic mass is 10.1. The van der Waals surface area contributed by atoms with E-state index in [0.29, 0.717) is 13.0 Å². The molecule has 1 aliphatic rings. The fourth-order valence-corrected chi connectivity index (χ4v) is 2.32. The Morgan fingerprint density at radius 3 is 2.68 bits per heavy atom. The van der Waals surface area contributed by atoms with Crippen molar-refractivity contribution in [3.63, 3.8) is 0 Å². The predicted molar refractivity (Wildman–Crippen MR) is 76.1 cm³/mol. The van der Waals surface area contributed by atoms with Crippen LogP contribution in [0.5, 0.6) is 0 Å². The predicted octanol–water partition coefficient (Wildman–Crippen LogP) is 2.48. The largest absolute Gasteiger partial charge is 0.376 e. The van der Waals surface area contributed by atoms with Crippen LogP contribution in [0.1, 0.15) is 37.3 Å². The van der Waals surface area contributed by atoms with Gasteiger partial charge in [-0.25, -0.2) is 0 Å². The van der Waals surface area contributed by atoms with Crippen LogP contribution in [0.2, 0.25) is 0 Å². The van der Waals surface area contributed by atoms with Gasteiger partial charge in [-0.15, -0.1) is 0 Å². The van der Waals surface area contributed by atoms with E-state index in [1.165, 1.54) is 11.1 Å². The van der Waals surface area contributed by atoms with E-state index in [4.69, 9.17) is 4.74 Å². The Kier molecular flexibility index (Phi) is 5.40. The smallest absolute Gasteiger partial charge is 0.220 e. The molecule has 1 saturated heterocycles. The minimum Gasteiger partial charge on any atom is -0.376 e. The van der Waals surface area contributed by atoms with Crippen LogP contribution in [0.3, 0.4) is 0 Å². The molecule has 0 saturated carbocycles. The number of benzene rings is 1. The van der Waals surface area contributed by atoms with Crippen molar-refractivity contribution in [2.24, 2.45) is 0 Å². The molecule has 1 N–H and O–H groups in total. The van der Waals surface area contributed by atoms with Crippen molar-refractivity contribution in [1.29, 1.82) is 0 Å². The Morgan fingerprint density at radius 2 is 2.05 bits per heavy atom. The lowest BCUT2D eigenvalue weighted by Gasteiger charge is -2.10. The molecule has 3 heteroatoms. The van der Waals surface area contributed by atoms with Crippen LogP contribution < -0.4 is 5.32 Å². The number of carbonyl (C=O) groups excluding carboxylic acids is 1. The summed E-state index contributed by atoms with van der Waals surface area (Å²) in [6.45, 7) is 3.64. The molecule has 1 fully saturated rings. The molecule has 0 radical (unpaired) electrons. The van der Waals surface area contributed by atoms with Gasteiger partial charge in [0.15, 0.2) is 0 Å². The molecule has 1 amide bonds. The summed E-state index contributed by atoms with van der Waals surface area (Å²) >= 11 is 0. The zero-order chi connectivity index (χ0) is 13.5. The molecule has 0 aliphatic carbocycles. The molecule has 1 atom stereocenters. The lowest BCUT2D eigenvalue weighted by Crippen LogP contribution is -2.31. The van der Waals surface area contributed by atoms with Crippen molar-refractivity contribution < 1.29 is 9.53 Å². The third-order valence-electron chi connectivity index (χ3n) is 3.62. The number of nitrogens with one attached hydrogen (secondary N) is 1. The molecule has 0 aromatic heterocycles. The van der Waals surface area contributed by atoms with Gasteiger partial charge in [0, 0.05) is 19.6 Å². The van der Waals surface area contributed by atoms with E-state index in [9.17, 15) is 4.79 Å². The van der Waals surface area contributed by atoms with Crippen molar-refractivity contribution in [3.8, 4) is 0 Å². The first kappa shape index (κ1) is 14.1. The Bertz CT molecular complexity index is 394. The number of ether oxygens (including phenoxy) is 1. The number of amides is 1. The maximum Gasteiger partial charge on any atom is 0.220 e. The average molecular weight is 261 g/mol. The maximum absolute atomic E-state index is 11.7. The first-order valence-corrected chi connectivity index (χ1v) is 7.24. The van der Waals surface area contributed by atoms with Gasteiger partial charge in [0.2, 0.25) is 5.91 Å². The monoisotopic (exact) mass is 261 g/mol. The first-order valence-electron chi connectivity index (χ1n) is 7.24. The van der Waals surface area contributed by atoms with Gasteiger partial charge >= 0.3 is 0 Å². The van der Waals surface area contributed by atoms with Gasteiger partial charge < -0.3 is 10.1 Å². The third-order valence-corrected chi connectivity index (χ3v) is 3.62. The minimum absolute atomic E-state index is 0.120. The van der Waals surface area contributed by atoms with E-state index in [1.54, 1.807) is 0 Å². The Morgan fingerprint density at radius 1 is 1.32 bits per heavy atom. The zero-order valence-electron chi connectivity index (χ0n) is 11.7. The Balaban J connectivity index is 1.67. The first-order chi connectivity index (χ1) is 9.28. The normalized spacial score (nSPS) is 18.5. The maximum atomic E-state index is 11.7. The SMILES string of the molecule is CCc1ccc(CCC(=O)NC[C@@H]2CCCO2)cc1. The van der Waals surface area contributed by atoms with E-state index < -0.39 is 0 Å². The third kappa shape index (κ3) is 4.67. The fourth-order valence-electron chi connectivity index (χ4n) is 2.32. The van der Waals surface area contributed by atoms with Crippen molar-refractivity contribution in [2.75, 3.05) is 13.2 Å². The summed E-state index contributed by atoms with van der Waals surface area (Å²) in [7, 11) is 0. The quantitative estimate of drug-likeness (QED) is 0.854. The van der Waals surface area contributed by atoms with Crippen LogP contribution in [-0.2, 0) is 22.4 Å². The van der Waals surface area contributed by atoms with Gasteiger partial charge in [-0.2, -0.15) is 0 Å². The second-order valence-corrected chi connectivity index (χ2v) is 5.11. The van der Waals surface area contributed by atoms with E-state index in [0.717, 1.165) is 32.3 Å². The Labute approximate surface area is 115 Å². The lowest BCUT2D eigenvalue weighted by molar-refractivity contribution is -0.121. The molecular weight excluding hydrogens is 238 g/mol. The summed E-state index contributed by atoms with van der Waals surface area (Å²) < 4.78 is 5.48. The second kappa shape index (κ2) is 7.29. The van der Waals surface area contributed by atoms with Crippen LogP contribution in [0.25, 0.3) is 0 Å². The standard InChI is InChI=1S/C16H23NO2/c1-2-13-5-7-14(8-6-13)9-10-16(18)17-12-15-4-3-11-19-15/h5-8,15H,2-4,9-12H2,1H3,(H,17,18)/t15-/m0/s1. The highest BCUT2D eigenvalue weighted by molar-refractivity contribution is 5.76. The highest BCUT2D eigenvalue weighted by Crippen LogP contribution is 2.11. The molecule has 104 valence electrons. The minimum atomic E-state index is 0.120. The Hall–Kier alpha value is -1.35. The average Bonchev–Trinajstić information content (AvgIpc) is 2.96. The topological polar surface area (TPSA) is 38.3 Å². The van der Waals surface area contributed by atoms with Gasteiger partial charge in [0.1, 0.15) is 0 Å². The highest BCUT2D eigenvalue weighted by atomic mass is 16.5. The van der Waals surface area contributed by atoms with E-state index in [2.05, 4.69) is 36.5 Å². The van der Waals surface area contributed by atoms with Gasteiger partial charge in [0.05, 0.1) is 6.10 Å². The molecule has 0 bridgehead atoms. The molecule has 1 heterocycles. The molecule has 2 rings (SSSR count). The summed E-state index contributed by atoms with van der Waals surface area (Å²) in [6, 6.07) is 8.51. The molecule has 1 aromatic rings. The summed E-state index contributed by atoms with van der Waals surface area (Å²) in [5, 5.41) is 2.95. The van der Waals surface area contributed by atoms with Gasteiger partial charge in [0.25, 0.3) is 0 Å². The van der Waals surface area contributed by atoms with Crippen molar-refractivity contribution in [2.45, 2.75) is 45.1 Å². The summed E-state index contributed by atoms with van der Waals surface area (Å²) in [6.07, 6.45) is 4.83. The molecule has 3 nitrogen and oxygen atoms in total. The number of hydrogen-bond donors (Lipinski definition) is 1. The molecule has 1 aliphatic heterocycles. The molecule has 1 aromatic carbocycles. The van der Waals surface area contributed by atoms with Crippen LogP contribution >= 0.6 is 0 Å². The highest BCUT2D eigenvalue weighted by Gasteiger charge is 2.15. The molecule has 0 spiro atoms. The van der Waals surface area contributed by atoms with Crippen molar-refractivity contribution in [1.82, 2.24) is 5.32 Å². The van der Waals surface area contributed by atoms with Gasteiger partial charge in [-0.1, -0.05) is 31.2 Å². The van der Waals surface area contributed by atoms with Crippen LogP contribution in [0.15, 0.2) is 24.3 Å².